The number of aliphatic carboxylic acids is 1. The highest BCUT2D eigenvalue weighted by Crippen LogP contribution is 2.21. The molecule has 0 saturated carbocycles. The third-order valence-electron chi connectivity index (χ3n) is 2.48. The van der Waals surface area contributed by atoms with E-state index in [4.69, 9.17) is 20.5 Å². The number of rotatable bonds is 5. The molecule has 1 rings (SSSR count). The van der Waals surface area contributed by atoms with Crippen LogP contribution in [0, 0.1) is 6.92 Å². The van der Waals surface area contributed by atoms with Crippen LogP contribution in [0.4, 0.5) is 0 Å². The summed E-state index contributed by atoms with van der Waals surface area (Å²) in [5.74, 6) is -0.524. The molecule has 0 spiro atoms. The lowest BCUT2D eigenvalue weighted by molar-refractivity contribution is -0.142. The average Bonchev–Trinajstić information content (AvgIpc) is 2.21. The molecule has 0 amide bonds. The number of hydrogen-bond acceptors (Lipinski definition) is 4. The quantitative estimate of drug-likeness (QED) is 0.637. The number of aryl methyl sites for hydroxylation is 1. The molecule has 17 heavy (non-hydrogen) atoms. The Bertz CT molecular complexity index is 420. The topological polar surface area (TPSA) is 92.8 Å². The van der Waals surface area contributed by atoms with E-state index >= 15 is 0 Å². The maximum absolute atomic E-state index is 10.9. The van der Waals surface area contributed by atoms with Crippen LogP contribution in [0.2, 0.25) is 0 Å². The van der Waals surface area contributed by atoms with Crippen molar-refractivity contribution in [3.63, 3.8) is 0 Å². The van der Waals surface area contributed by atoms with Crippen molar-refractivity contribution in [2.24, 2.45) is 5.73 Å². The van der Waals surface area contributed by atoms with E-state index in [0.717, 1.165) is 11.1 Å². The van der Waals surface area contributed by atoms with E-state index in [1.807, 2.05) is 0 Å². The second-order valence-corrected chi connectivity index (χ2v) is 4.22. The summed E-state index contributed by atoms with van der Waals surface area (Å²) in [6, 6.07) is 5.17. The smallest absolute Gasteiger partial charge is 0.537 e. The van der Waals surface area contributed by atoms with Crippen molar-refractivity contribution in [3.8, 4) is 5.75 Å². The molecule has 0 aromatic heterocycles. The molecule has 1 aromatic rings. The van der Waals surface area contributed by atoms with Gasteiger partial charge in [0.15, 0.2) is 0 Å². The maximum Gasteiger partial charge on any atom is 0.569 e. The third kappa shape index (κ3) is 3.47. The highest BCUT2D eigenvalue weighted by Gasteiger charge is 2.28. The van der Waals surface area contributed by atoms with Crippen LogP contribution in [0.25, 0.3) is 0 Å². The van der Waals surface area contributed by atoms with Gasteiger partial charge in [-0.25, -0.2) is 0 Å². The van der Waals surface area contributed by atoms with Crippen molar-refractivity contribution in [1.82, 2.24) is 0 Å². The van der Waals surface area contributed by atoms with Gasteiger partial charge in [-0.05, 0) is 31.0 Å². The fourth-order valence-electron chi connectivity index (χ4n) is 1.51. The van der Waals surface area contributed by atoms with Gasteiger partial charge in [0, 0.05) is 6.42 Å². The lowest BCUT2D eigenvalue weighted by atomic mass is 9.93. The average molecular weight is 236 g/mol. The molecule has 91 valence electrons. The van der Waals surface area contributed by atoms with Crippen LogP contribution < -0.4 is 10.4 Å². The van der Waals surface area contributed by atoms with Gasteiger partial charge < -0.3 is 20.5 Å². The maximum atomic E-state index is 10.9. The van der Waals surface area contributed by atoms with Crippen molar-refractivity contribution >= 4 is 13.7 Å². The van der Waals surface area contributed by atoms with Crippen LogP contribution in [0.15, 0.2) is 18.2 Å². The van der Waals surface area contributed by atoms with Gasteiger partial charge in [-0.3, -0.25) is 4.79 Å². The van der Waals surface area contributed by atoms with Gasteiger partial charge in [0.05, 0.1) is 0 Å². The second-order valence-electron chi connectivity index (χ2n) is 4.22. The lowest BCUT2D eigenvalue weighted by Crippen LogP contribution is -2.46. The van der Waals surface area contributed by atoms with Crippen molar-refractivity contribution < 1.29 is 19.6 Å². The monoisotopic (exact) mass is 236 g/mol. The van der Waals surface area contributed by atoms with Crippen molar-refractivity contribution in [2.45, 2.75) is 25.8 Å². The number of benzene rings is 1. The Morgan fingerprint density at radius 1 is 1.59 bits per heavy atom. The summed E-state index contributed by atoms with van der Waals surface area (Å²) in [5.41, 5.74) is 5.97. The van der Waals surface area contributed by atoms with Crippen LogP contribution in [0.1, 0.15) is 18.1 Å². The highest BCUT2D eigenvalue weighted by atomic mass is 16.5. The minimum Gasteiger partial charge on any atom is -0.537 e. The van der Waals surface area contributed by atoms with Gasteiger partial charge in [0.2, 0.25) is 0 Å². The Kier molecular flexibility index (Phi) is 4.14. The first kappa shape index (κ1) is 13.5. The van der Waals surface area contributed by atoms with Crippen molar-refractivity contribution in [2.75, 3.05) is 0 Å². The predicted octanol–water partition coefficient (Wildman–Crippen LogP) is 0.245. The minimum atomic E-state index is -1.29. The van der Waals surface area contributed by atoms with E-state index in [2.05, 4.69) is 0 Å². The van der Waals surface area contributed by atoms with E-state index in [-0.39, 0.29) is 6.42 Å². The van der Waals surface area contributed by atoms with Crippen molar-refractivity contribution in [3.05, 3.63) is 29.3 Å². The van der Waals surface area contributed by atoms with Crippen LogP contribution in [0.3, 0.4) is 0 Å². The molecule has 4 N–H and O–H groups in total. The Morgan fingerprint density at radius 2 is 2.24 bits per heavy atom. The summed E-state index contributed by atoms with van der Waals surface area (Å²) in [7, 11) is 0.603. The number of carboxylic acids is 1. The molecule has 1 aromatic carbocycles. The first-order valence-corrected chi connectivity index (χ1v) is 5.11. The van der Waals surface area contributed by atoms with Crippen molar-refractivity contribution in [1.29, 1.82) is 0 Å². The molecule has 0 aliphatic heterocycles. The molecule has 0 unspecified atom stereocenters. The number of carbonyl (C=O) groups is 1. The molecule has 0 fully saturated rings. The molecule has 0 bridgehead atoms. The molecule has 0 aliphatic rings. The Hall–Kier alpha value is -1.53. The predicted molar refractivity (Wildman–Crippen MR) is 63.7 cm³/mol. The van der Waals surface area contributed by atoms with E-state index in [9.17, 15) is 4.79 Å². The normalized spacial score (nSPS) is 13.9. The van der Waals surface area contributed by atoms with Gasteiger partial charge in [0.25, 0.3) is 0 Å². The molecule has 6 heteroatoms. The first-order chi connectivity index (χ1) is 7.86. The van der Waals surface area contributed by atoms with E-state index in [0.29, 0.717) is 13.4 Å². The van der Waals surface area contributed by atoms with Crippen LogP contribution in [0.5, 0.6) is 5.75 Å². The molecular weight excluding hydrogens is 221 g/mol. The molecule has 0 saturated heterocycles. The summed E-state index contributed by atoms with van der Waals surface area (Å²) in [6.07, 6.45) is 0.228. The summed E-state index contributed by atoms with van der Waals surface area (Å²) in [5, 5.41) is 17.5. The minimum absolute atomic E-state index is 0.228. The van der Waals surface area contributed by atoms with Gasteiger partial charge >= 0.3 is 13.7 Å². The molecule has 0 aliphatic carbocycles. The molecular formula is C11H15BNO4. The fourth-order valence-corrected chi connectivity index (χ4v) is 1.51. The SMILES string of the molecule is Cc1cc(C[C@@](C)(N)C(=O)O)ccc1O[B]O. The number of nitrogens with two attached hydrogens (primary N) is 1. The first-order valence-electron chi connectivity index (χ1n) is 5.11. The summed E-state index contributed by atoms with van der Waals surface area (Å²) in [6.45, 7) is 3.27. The van der Waals surface area contributed by atoms with Crippen LogP contribution in [-0.2, 0) is 11.2 Å². The highest BCUT2D eigenvalue weighted by molar-refractivity contribution is 6.17. The Balaban J connectivity index is 2.87. The largest absolute Gasteiger partial charge is 0.569 e. The molecule has 1 radical (unpaired) electrons. The van der Waals surface area contributed by atoms with Gasteiger partial charge in [-0.2, -0.15) is 0 Å². The molecule has 1 atom stereocenters. The Labute approximate surface area is 101 Å². The summed E-state index contributed by atoms with van der Waals surface area (Å²) in [4.78, 5) is 10.9. The second kappa shape index (κ2) is 5.20. The zero-order valence-corrected chi connectivity index (χ0v) is 9.80. The fraction of sp³-hybridized carbons (Fsp3) is 0.364. The third-order valence-corrected chi connectivity index (χ3v) is 2.48. The zero-order valence-electron chi connectivity index (χ0n) is 9.80. The summed E-state index contributed by atoms with van der Waals surface area (Å²) < 4.78 is 4.85. The number of carboxylic acid groups (broad SMARTS) is 1. The van der Waals surface area contributed by atoms with E-state index in [1.165, 1.54) is 6.92 Å². The van der Waals surface area contributed by atoms with Gasteiger partial charge in [-0.1, -0.05) is 12.1 Å². The van der Waals surface area contributed by atoms with E-state index < -0.39 is 11.5 Å². The van der Waals surface area contributed by atoms with Crippen LogP contribution in [-0.4, -0.2) is 29.3 Å². The number of hydrogen-bond donors (Lipinski definition) is 3. The van der Waals surface area contributed by atoms with Gasteiger partial charge in [0.1, 0.15) is 11.3 Å². The van der Waals surface area contributed by atoms with E-state index in [1.54, 1.807) is 25.1 Å². The molecule has 5 nitrogen and oxygen atoms in total. The standard InChI is InChI=1S/C11H15BNO4/c1-7-5-8(3-4-9(7)17-12-16)6-11(2,13)10(14)15/h3-5,16H,6,13H2,1-2H3,(H,14,15)/t11-/m1/s1. The zero-order chi connectivity index (χ0) is 13.1. The molecule has 0 heterocycles. The Morgan fingerprint density at radius 3 is 2.71 bits per heavy atom. The van der Waals surface area contributed by atoms with Crippen LogP contribution >= 0.6 is 0 Å². The van der Waals surface area contributed by atoms with Gasteiger partial charge in [-0.15, -0.1) is 0 Å². The lowest BCUT2D eigenvalue weighted by Gasteiger charge is -2.19. The summed E-state index contributed by atoms with van der Waals surface area (Å²) >= 11 is 0.